The number of carbonyl (C=O) groups excluding carboxylic acids is 1. The Morgan fingerprint density at radius 2 is 2.10 bits per heavy atom. The van der Waals surface area contributed by atoms with Gasteiger partial charge >= 0.3 is 12.0 Å². The monoisotopic (exact) mass is 282 g/mol. The fraction of sp³-hybridized carbons (Fsp3) is 0.867. The minimum absolute atomic E-state index is 0.0213. The van der Waals surface area contributed by atoms with Gasteiger partial charge in [0.1, 0.15) is 0 Å². The first-order valence-electron chi connectivity index (χ1n) is 7.67. The second kappa shape index (κ2) is 6.02. The van der Waals surface area contributed by atoms with Crippen LogP contribution in [0.1, 0.15) is 46.0 Å². The summed E-state index contributed by atoms with van der Waals surface area (Å²) in [6.45, 7) is 6.50. The number of rotatable bonds is 5. The van der Waals surface area contributed by atoms with Gasteiger partial charge in [-0.2, -0.15) is 0 Å². The highest BCUT2D eigenvalue weighted by Crippen LogP contribution is 2.51. The fourth-order valence-electron chi connectivity index (χ4n) is 3.15. The molecule has 0 aromatic rings. The molecule has 1 heterocycles. The molecule has 5 nitrogen and oxygen atoms in total. The lowest BCUT2D eigenvalue weighted by molar-refractivity contribution is -0.138. The van der Waals surface area contributed by atoms with Gasteiger partial charge in [0, 0.05) is 26.1 Å². The Labute approximate surface area is 120 Å². The third-order valence-electron chi connectivity index (χ3n) is 4.98. The number of likely N-dealkylation sites (tertiary alicyclic amines) is 1. The van der Waals surface area contributed by atoms with E-state index in [0.717, 1.165) is 25.9 Å². The van der Waals surface area contributed by atoms with Crippen LogP contribution >= 0.6 is 0 Å². The Hall–Kier alpha value is -1.26. The Morgan fingerprint density at radius 1 is 1.40 bits per heavy atom. The van der Waals surface area contributed by atoms with Crippen molar-refractivity contribution in [3.05, 3.63) is 0 Å². The first-order valence-corrected chi connectivity index (χ1v) is 7.67. The number of urea groups is 1. The Bertz CT molecular complexity index is 377. The molecule has 0 bridgehead atoms. The van der Waals surface area contributed by atoms with Crippen molar-refractivity contribution >= 4 is 12.0 Å². The summed E-state index contributed by atoms with van der Waals surface area (Å²) < 4.78 is 0. The van der Waals surface area contributed by atoms with E-state index in [-0.39, 0.29) is 18.4 Å². The SMILES string of the molecule is CC(C)C1(CNC(=O)N2CCCC(CC(=O)O)C2)CC1. The lowest BCUT2D eigenvalue weighted by atomic mass is 9.92. The van der Waals surface area contributed by atoms with Gasteiger partial charge in [-0.15, -0.1) is 0 Å². The molecule has 1 aliphatic carbocycles. The maximum Gasteiger partial charge on any atom is 0.317 e. The van der Waals surface area contributed by atoms with E-state index < -0.39 is 5.97 Å². The quantitative estimate of drug-likeness (QED) is 0.813. The van der Waals surface area contributed by atoms with Crippen LogP contribution in [0.3, 0.4) is 0 Å². The average Bonchev–Trinajstić information content (AvgIpc) is 3.16. The summed E-state index contributed by atoms with van der Waals surface area (Å²) in [4.78, 5) is 24.7. The van der Waals surface area contributed by atoms with Crippen molar-refractivity contribution in [2.75, 3.05) is 19.6 Å². The van der Waals surface area contributed by atoms with Crippen LogP contribution in [0.15, 0.2) is 0 Å². The Morgan fingerprint density at radius 3 is 2.65 bits per heavy atom. The van der Waals surface area contributed by atoms with Crippen LogP contribution in [0.5, 0.6) is 0 Å². The van der Waals surface area contributed by atoms with Crippen molar-refractivity contribution in [3.8, 4) is 0 Å². The number of carbonyl (C=O) groups is 2. The number of aliphatic carboxylic acids is 1. The smallest absolute Gasteiger partial charge is 0.317 e. The molecule has 2 fully saturated rings. The molecule has 0 spiro atoms. The average molecular weight is 282 g/mol. The molecule has 2 rings (SSSR count). The van der Waals surface area contributed by atoms with Crippen molar-refractivity contribution < 1.29 is 14.7 Å². The van der Waals surface area contributed by atoms with Crippen molar-refractivity contribution in [3.63, 3.8) is 0 Å². The minimum Gasteiger partial charge on any atom is -0.481 e. The van der Waals surface area contributed by atoms with Crippen LogP contribution in [-0.2, 0) is 4.79 Å². The van der Waals surface area contributed by atoms with Gasteiger partial charge in [0.2, 0.25) is 0 Å². The molecule has 2 aliphatic rings. The molecular weight excluding hydrogens is 256 g/mol. The van der Waals surface area contributed by atoms with Crippen molar-refractivity contribution in [2.45, 2.75) is 46.0 Å². The number of nitrogens with one attached hydrogen (secondary N) is 1. The molecule has 1 unspecified atom stereocenters. The van der Waals surface area contributed by atoms with Gasteiger partial charge in [0.05, 0.1) is 0 Å². The first-order chi connectivity index (χ1) is 9.43. The van der Waals surface area contributed by atoms with E-state index in [9.17, 15) is 9.59 Å². The molecule has 114 valence electrons. The summed E-state index contributed by atoms with van der Waals surface area (Å²) >= 11 is 0. The minimum atomic E-state index is -0.769. The van der Waals surface area contributed by atoms with E-state index in [1.165, 1.54) is 12.8 Å². The van der Waals surface area contributed by atoms with Crippen LogP contribution in [0.4, 0.5) is 4.79 Å². The second-order valence-corrected chi connectivity index (χ2v) is 6.73. The van der Waals surface area contributed by atoms with Crippen molar-refractivity contribution in [1.29, 1.82) is 0 Å². The number of carboxylic acid groups (broad SMARTS) is 1. The molecule has 1 aliphatic heterocycles. The van der Waals surface area contributed by atoms with Crippen molar-refractivity contribution in [1.82, 2.24) is 10.2 Å². The van der Waals surface area contributed by atoms with Gasteiger partial charge in [-0.25, -0.2) is 4.79 Å². The van der Waals surface area contributed by atoms with Crippen molar-refractivity contribution in [2.24, 2.45) is 17.3 Å². The van der Waals surface area contributed by atoms with E-state index >= 15 is 0 Å². The largest absolute Gasteiger partial charge is 0.481 e. The number of hydrogen-bond acceptors (Lipinski definition) is 2. The molecule has 2 N–H and O–H groups in total. The molecule has 5 heteroatoms. The normalized spacial score (nSPS) is 24.6. The van der Waals surface area contributed by atoms with E-state index in [1.807, 2.05) is 0 Å². The molecular formula is C15H26N2O3. The molecule has 1 atom stereocenters. The number of carboxylic acids is 1. The summed E-state index contributed by atoms with van der Waals surface area (Å²) in [6, 6.07) is -0.0213. The molecule has 1 saturated carbocycles. The maximum atomic E-state index is 12.2. The second-order valence-electron chi connectivity index (χ2n) is 6.73. The van der Waals surface area contributed by atoms with Gasteiger partial charge in [-0.05, 0) is 42.9 Å². The van der Waals surface area contributed by atoms with E-state index in [0.29, 0.717) is 17.9 Å². The third-order valence-corrected chi connectivity index (χ3v) is 4.98. The zero-order chi connectivity index (χ0) is 14.8. The van der Waals surface area contributed by atoms with Crippen LogP contribution in [-0.4, -0.2) is 41.6 Å². The number of nitrogens with zero attached hydrogens (tertiary/aromatic N) is 1. The van der Waals surface area contributed by atoms with E-state index in [1.54, 1.807) is 4.90 Å². The maximum absolute atomic E-state index is 12.2. The van der Waals surface area contributed by atoms with Crippen LogP contribution < -0.4 is 5.32 Å². The first kappa shape index (κ1) is 15.1. The summed E-state index contributed by atoms with van der Waals surface area (Å²) in [5, 5.41) is 11.9. The van der Waals surface area contributed by atoms with Gasteiger partial charge < -0.3 is 15.3 Å². The summed E-state index contributed by atoms with van der Waals surface area (Å²) in [5.74, 6) is -0.0649. The molecule has 1 saturated heterocycles. The molecule has 0 aromatic carbocycles. The number of amides is 2. The summed E-state index contributed by atoms with van der Waals surface area (Å²) in [5.41, 5.74) is 0.311. The van der Waals surface area contributed by atoms with Crippen LogP contribution in [0.2, 0.25) is 0 Å². The van der Waals surface area contributed by atoms with Gasteiger partial charge in [-0.3, -0.25) is 4.79 Å². The number of hydrogen-bond donors (Lipinski definition) is 2. The predicted molar refractivity (Wildman–Crippen MR) is 76.5 cm³/mol. The Balaban J connectivity index is 1.79. The highest BCUT2D eigenvalue weighted by molar-refractivity contribution is 5.74. The zero-order valence-corrected chi connectivity index (χ0v) is 12.5. The highest BCUT2D eigenvalue weighted by Gasteiger charge is 2.45. The standard InChI is InChI=1S/C15H26N2O3/c1-11(2)15(5-6-15)10-16-14(20)17-7-3-4-12(9-17)8-13(18)19/h11-12H,3-10H2,1-2H3,(H,16,20)(H,18,19). The van der Waals surface area contributed by atoms with Gasteiger partial charge in [0.25, 0.3) is 0 Å². The zero-order valence-electron chi connectivity index (χ0n) is 12.5. The number of piperidine rings is 1. The van der Waals surface area contributed by atoms with E-state index in [2.05, 4.69) is 19.2 Å². The molecule has 0 aromatic heterocycles. The predicted octanol–water partition coefficient (Wildman–Crippen LogP) is 2.32. The topological polar surface area (TPSA) is 69.6 Å². The van der Waals surface area contributed by atoms with Crippen LogP contribution in [0, 0.1) is 17.3 Å². The lowest BCUT2D eigenvalue weighted by Gasteiger charge is -2.33. The summed E-state index contributed by atoms with van der Waals surface area (Å²) in [7, 11) is 0. The Kier molecular flexibility index (Phi) is 4.55. The van der Waals surface area contributed by atoms with Gasteiger partial charge in [0.15, 0.2) is 0 Å². The van der Waals surface area contributed by atoms with E-state index in [4.69, 9.17) is 5.11 Å². The fourth-order valence-corrected chi connectivity index (χ4v) is 3.15. The van der Waals surface area contributed by atoms with Gasteiger partial charge in [-0.1, -0.05) is 13.8 Å². The molecule has 20 heavy (non-hydrogen) atoms. The van der Waals surface area contributed by atoms with Crippen LogP contribution in [0.25, 0.3) is 0 Å². The highest BCUT2D eigenvalue weighted by atomic mass is 16.4. The third kappa shape index (κ3) is 3.64. The summed E-state index contributed by atoms with van der Waals surface area (Å²) in [6.07, 6.45) is 4.38. The molecule has 2 amide bonds. The lowest BCUT2D eigenvalue weighted by Crippen LogP contribution is -2.47. The molecule has 0 radical (unpaired) electrons.